The van der Waals surface area contributed by atoms with E-state index in [9.17, 15) is 9.59 Å². The molecule has 0 unspecified atom stereocenters. The molecule has 0 saturated carbocycles. The fourth-order valence-electron chi connectivity index (χ4n) is 3.16. The van der Waals surface area contributed by atoms with E-state index in [1.165, 1.54) is 0 Å². The summed E-state index contributed by atoms with van der Waals surface area (Å²) in [5, 5.41) is 0. The lowest BCUT2D eigenvalue weighted by Crippen LogP contribution is -2.10. The fourth-order valence-corrected chi connectivity index (χ4v) is 3.16. The second-order valence-corrected chi connectivity index (χ2v) is 6.05. The van der Waals surface area contributed by atoms with Gasteiger partial charge in [-0.2, -0.15) is 0 Å². The fraction of sp³-hybridized carbons (Fsp3) is 0.263. The number of hydrogen-bond acceptors (Lipinski definition) is 3. The highest BCUT2D eigenvalue weighted by Crippen LogP contribution is 2.40. The molecule has 0 aromatic heterocycles. The van der Waals surface area contributed by atoms with Crippen LogP contribution < -0.4 is 10.5 Å². The van der Waals surface area contributed by atoms with Crippen LogP contribution in [-0.4, -0.2) is 11.7 Å². The summed E-state index contributed by atoms with van der Waals surface area (Å²) in [5.41, 5.74) is 9.58. The molecule has 0 fully saturated rings. The van der Waals surface area contributed by atoms with Gasteiger partial charge < -0.3 is 10.5 Å². The summed E-state index contributed by atoms with van der Waals surface area (Å²) >= 11 is 0. The number of ketones is 1. The van der Waals surface area contributed by atoms with Gasteiger partial charge in [-0.15, -0.1) is 0 Å². The standard InChI is InChI=1S/C19H19NO3/c1-11-3-8-16(18-15(21)9-12(2)17(11)18)23-10-13-4-6-14(7-5-13)19(20)22/h3-8,12H,9-10H2,1-2H3,(H2,20,22)/t12-/m0/s1. The topological polar surface area (TPSA) is 69.4 Å². The molecule has 3 rings (SSSR count). The summed E-state index contributed by atoms with van der Waals surface area (Å²) in [5.74, 6) is 0.582. The highest BCUT2D eigenvalue weighted by molar-refractivity contribution is 6.04. The first-order chi connectivity index (χ1) is 11.0. The van der Waals surface area contributed by atoms with Crippen molar-refractivity contribution in [3.63, 3.8) is 0 Å². The number of Topliss-reactive ketones (excluding diaryl/α,β-unsaturated/α-hetero) is 1. The van der Waals surface area contributed by atoms with Crippen molar-refractivity contribution in [2.24, 2.45) is 5.73 Å². The molecule has 1 aliphatic rings. The molecule has 4 nitrogen and oxygen atoms in total. The third kappa shape index (κ3) is 2.84. The first-order valence-corrected chi connectivity index (χ1v) is 7.65. The normalized spacial score (nSPS) is 16.3. The molecule has 2 aromatic carbocycles. The molecular weight excluding hydrogens is 290 g/mol. The molecule has 118 valence electrons. The number of carbonyl (C=O) groups is 2. The van der Waals surface area contributed by atoms with Gasteiger partial charge in [-0.05, 0) is 47.7 Å². The van der Waals surface area contributed by atoms with Crippen LogP contribution in [0.5, 0.6) is 5.75 Å². The zero-order valence-electron chi connectivity index (χ0n) is 13.3. The van der Waals surface area contributed by atoms with Crippen molar-refractivity contribution in [2.75, 3.05) is 0 Å². The van der Waals surface area contributed by atoms with Crippen molar-refractivity contribution in [3.05, 3.63) is 64.2 Å². The minimum absolute atomic E-state index is 0.148. The van der Waals surface area contributed by atoms with Crippen molar-refractivity contribution in [1.29, 1.82) is 0 Å². The largest absolute Gasteiger partial charge is 0.488 e. The SMILES string of the molecule is Cc1ccc(OCc2ccc(C(N)=O)cc2)c2c1[C@@H](C)CC2=O. The monoisotopic (exact) mass is 309 g/mol. The van der Waals surface area contributed by atoms with Gasteiger partial charge in [0.2, 0.25) is 5.91 Å². The number of hydrogen-bond donors (Lipinski definition) is 1. The van der Waals surface area contributed by atoms with Crippen LogP contribution >= 0.6 is 0 Å². The molecule has 0 spiro atoms. The molecule has 2 N–H and O–H groups in total. The molecule has 4 heteroatoms. The zero-order valence-corrected chi connectivity index (χ0v) is 13.3. The molecule has 0 bridgehead atoms. The van der Waals surface area contributed by atoms with E-state index in [1.54, 1.807) is 24.3 Å². The first-order valence-electron chi connectivity index (χ1n) is 7.65. The Morgan fingerprint density at radius 3 is 2.57 bits per heavy atom. The smallest absolute Gasteiger partial charge is 0.248 e. The molecule has 2 aromatic rings. The van der Waals surface area contributed by atoms with Crippen molar-refractivity contribution in [3.8, 4) is 5.75 Å². The molecule has 0 aliphatic heterocycles. The number of aryl methyl sites for hydroxylation is 1. The van der Waals surface area contributed by atoms with Crippen LogP contribution in [0.2, 0.25) is 0 Å². The van der Waals surface area contributed by atoms with Gasteiger partial charge in [-0.25, -0.2) is 0 Å². The van der Waals surface area contributed by atoms with Crippen LogP contribution in [-0.2, 0) is 6.61 Å². The lowest BCUT2D eigenvalue weighted by molar-refractivity contribution is 0.0982. The van der Waals surface area contributed by atoms with Gasteiger partial charge in [0.15, 0.2) is 5.78 Å². The van der Waals surface area contributed by atoms with Gasteiger partial charge >= 0.3 is 0 Å². The van der Waals surface area contributed by atoms with Crippen LogP contribution in [0.15, 0.2) is 36.4 Å². The maximum absolute atomic E-state index is 12.2. The van der Waals surface area contributed by atoms with Crippen LogP contribution in [0.1, 0.15) is 56.7 Å². The van der Waals surface area contributed by atoms with E-state index in [2.05, 4.69) is 6.92 Å². The molecule has 0 radical (unpaired) electrons. The highest BCUT2D eigenvalue weighted by atomic mass is 16.5. The summed E-state index contributed by atoms with van der Waals surface area (Å²) in [4.78, 5) is 23.3. The molecular formula is C19H19NO3. The van der Waals surface area contributed by atoms with Crippen LogP contribution in [0.3, 0.4) is 0 Å². The number of primary amides is 1. The van der Waals surface area contributed by atoms with Gasteiger partial charge in [0.05, 0.1) is 5.56 Å². The molecule has 1 amide bonds. The number of amides is 1. The van der Waals surface area contributed by atoms with E-state index in [-0.39, 0.29) is 11.7 Å². The van der Waals surface area contributed by atoms with Crippen molar-refractivity contribution >= 4 is 11.7 Å². The average molecular weight is 309 g/mol. The van der Waals surface area contributed by atoms with Crippen molar-refractivity contribution in [2.45, 2.75) is 32.8 Å². The van der Waals surface area contributed by atoms with Crippen molar-refractivity contribution < 1.29 is 14.3 Å². The maximum Gasteiger partial charge on any atom is 0.248 e. The Hall–Kier alpha value is -2.62. The summed E-state index contributed by atoms with van der Waals surface area (Å²) in [6.45, 7) is 4.44. The minimum Gasteiger partial charge on any atom is -0.488 e. The van der Waals surface area contributed by atoms with Gasteiger partial charge in [0.1, 0.15) is 12.4 Å². The Kier molecular flexibility index (Phi) is 3.90. The number of rotatable bonds is 4. The first kappa shape index (κ1) is 15.3. The van der Waals surface area contributed by atoms with Crippen LogP contribution in [0, 0.1) is 6.92 Å². The number of nitrogens with two attached hydrogens (primary N) is 1. The Morgan fingerprint density at radius 1 is 1.22 bits per heavy atom. The van der Waals surface area contributed by atoms with Crippen LogP contribution in [0.25, 0.3) is 0 Å². The van der Waals surface area contributed by atoms with Crippen LogP contribution in [0.4, 0.5) is 0 Å². The molecule has 1 atom stereocenters. The number of benzene rings is 2. The van der Waals surface area contributed by atoms with E-state index < -0.39 is 5.91 Å². The quantitative estimate of drug-likeness (QED) is 0.941. The highest BCUT2D eigenvalue weighted by Gasteiger charge is 2.31. The molecule has 23 heavy (non-hydrogen) atoms. The second kappa shape index (κ2) is 5.88. The minimum atomic E-state index is -0.451. The lowest BCUT2D eigenvalue weighted by Gasteiger charge is -2.13. The summed E-state index contributed by atoms with van der Waals surface area (Å²) in [6, 6.07) is 10.8. The van der Waals surface area contributed by atoms with E-state index in [0.29, 0.717) is 24.3 Å². The lowest BCUT2D eigenvalue weighted by atomic mass is 9.97. The van der Waals surface area contributed by atoms with Gasteiger partial charge in [0, 0.05) is 12.0 Å². The third-order valence-corrected chi connectivity index (χ3v) is 4.32. The maximum atomic E-state index is 12.2. The van der Waals surface area contributed by atoms with Gasteiger partial charge in [0.25, 0.3) is 0 Å². The molecule has 0 heterocycles. The average Bonchev–Trinajstić information content (AvgIpc) is 2.83. The Bertz CT molecular complexity index is 778. The predicted octanol–water partition coefficient (Wildman–Crippen LogP) is 3.36. The number of fused-ring (bicyclic) bond motifs is 1. The summed E-state index contributed by atoms with van der Waals surface area (Å²) in [6.07, 6.45) is 0.545. The van der Waals surface area contributed by atoms with E-state index in [4.69, 9.17) is 10.5 Å². The van der Waals surface area contributed by atoms with Gasteiger partial charge in [-0.1, -0.05) is 25.1 Å². The third-order valence-electron chi connectivity index (χ3n) is 4.32. The van der Waals surface area contributed by atoms with E-state index in [1.807, 2.05) is 19.1 Å². The number of carbonyl (C=O) groups excluding carboxylic acids is 2. The Labute approximate surface area is 135 Å². The predicted molar refractivity (Wildman–Crippen MR) is 87.8 cm³/mol. The van der Waals surface area contributed by atoms with Gasteiger partial charge in [-0.3, -0.25) is 9.59 Å². The molecule has 0 saturated heterocycles. The number of ether oxygens (including phenoxy) is 1. The van der Waals surface area contributed by atoms with Crippen molar-refractivity contribution in [1.82, 2.24) is 0 Å². The van der Waals surface area contributed by atoms with E-state index in [0.717, 1.165) is 22.3 Å². The second-order valence-electron chi connectivity index (χ2n) is 6.05. The summed E-state index contributed by atoms with van der Waals surface area (Å²) < 4.78 is 5.87. The summed E-state index contributed by atoms with van der Waals surface area (Å²) in [7, 11) is 0. The Balaban J connectivity index is 1.82. The van der Waals surface area contributed by atoms with E-state index >= 15 is 0 Å². The molecule has 1 aliphatic carbocycles. The Morgan fingerprint density at radius 2 is 1.91 bits per heavy atom. The zero-order chi connectivity index (χ0) is 16.6.